The fourth-order valence-corrected chi connectivity index (χ4v) is 9.90. The number of fused-ring (bicyclic) bond motifs is 5. The highest BCUT2D eigenvalue weighted by atomic mass is 14.7. The van der Waals surface area contributed by atoms with Crippen LogP contribution in [0.1, 0.15) is 118 Å². The summed E-state index contributed by atoms with van der Waals surface area (Å²) < 4.78 is 0. The molecule has 0 aromatic heterocycles. The summed E-state index contributed by atoms with van der Waals surface area (Å²) in [7, 11) is 0. The molecule has 0 aliphatic heterocycles. The normalized spacial score (nSPS) is 41.7. The van der Waals surface area contributed by atoms with Crippen LogP contribution < -0.4 is 0 Å². The van der Waals surface area contributed by atoms with E-state index in [0.29, 0.717) is 16.7 Å². The van der Waals surface area contributed by atoms with Crippen molar-refractivity contribution >= 4 is 0 Å². The zero-order chi connectivity index (χ0) is 23.8. The Morgan fingerprint density at radius 2 is 1.88 bits per heavy atom. The minimum absolute atomic E-state index is 0.330. The van der Waals surface area contributed by atoms with Gasteiger partial charge in [0, 0.05) is 11.3 Å². The Kier molecular flexibility index (Phi) is 7.59. The summed E-state index contributed by atoms with van der Waals surface area (Å²) in [5, 5.41) is 0. The third-order valence-electron chi connectivity index (χ3n) is 11.7. The van der Waals surface area contributed by atoms with E-state index >= 15 is 0 Å². The second-order valence-corrected chi connectivity index (χ2v) is 12.9. The molecular weight excluding hydrogens is 396 g/mol. The van der Waals surface area contributed by atoms with Gasteiger partial charge in [0.25, 0.3) is 0 Å². The van der Waals surface area contributed by atoms with E-state index in [1.54, 1.807) is 5.57 Å². The molecule has 4 aliphatic rings. The molecule has 3 fully saturated rings. The fourth-order valence-electron chi connectivity index (χ4n) is 9.90. The van der Waals surface area contributed by atoms with Crippen molar-refractivity contribution < 1.29 is 0 Å². The van der Waals surface area contributed by atoms with Crippen molar-refractivity contribution in [2.24, 2.45) is 52.3 Å². The molecule has 9 unspecified atom stereocenters. The maximum absolute atomic E-state index is 5.73. The van der Waals surface area contributed by atoms with Gasteiger partial charge in [-0.3, -0.25) is 0 Å². The lowest BCUT2D eigenvalue weighted by atomic mass is 9.43. The maximum Gasteiger partial charge on any atom is 0.0197 e. The predicted molar refractivity (Wildman–Crippen MR) is 144 cm³/mol. The molecule has 0 heterocycles. The van der Waals surface area contributed by atoms with Gasteiger partial charge in [0.2, 0.25) is 0 Å². The Morgan fingerprint density at radius 3 is 2.55 bits per heavy atom. The van der Waals surface area contributed by atoms with Gasteiger partial charge < -0.3 is 0 Å². The van der Waals surface area contributed by atoms with Gasteiger partial charge in [-0.15, -0.1) is 12.3 Å². The molecule has 0 amide bonds. The monoisotopic (exact) mass is 448 g/mol. The van der Waals surface area contributed by atoms with Crippen molar-refractivity contribution in [1.82, 2.24) is 0 Å². The van der Waals surface area contributed by atoms with E-state index in [4.69, 9.17) is 6.42 Å². The van der Waals surface area contributed by atoms with E-state index in [-0.39, 0.29) is 0 Å². The van der Waals surface area contributed by atoms with Crippen LogP contribution in [0.15, 0.2) is 23.8 Å². The summed E-state index contributed by atoms with van der Waals surface area (Å²) in [6.07, 6.45) is 26.3. The van der Waals surface area contributed by atoms with E-state index in [2.05, 4.69) is 53.2 Å². The minimum Gasteiger partial charge on any atom is -0.120 e. The van der Waals surface area contributed by atoms with Crippen molar-refractivity contribution in [3.8, 4) is 12.3 Å². The van der Waals surface area contributed by atoms with Crippen molar-refractivity contribution in [1.29, 1.82) is 0 Å². The molecule has 3 saturated carbocycles. The standard InChI is InChI=1S/C33H52/c1-8-26(9-2)13-11-12-25(7)28-19-20-32(10-3)29(28)16-17-31-30(32)15-14-27-22-24(6)18-21-33(27,31)23(4)5/h1,14,24-26,28-31H,4,9-13,15-22H2,2-3,5-7H3. The molecule has 4 aliphatic carbocycles. The highest BCUT2D eigenvalue weighted by molar-refractivity contribution is 5.35. The first-order chi connectivity index (χ1) is 15.8. The first-order valence-electron chi connectivity index (χ1n) is 14.7. The summed E-state index contributed by atoms with van der Waals surface area (Å²) >= 11 is 0. The number of allylic oxidation sites excluding steroid dienone is 3. The first-order valence-corrected chi connectivity index (χ1v) is 14.7. The van der Waals surface area contributed by atoms with Crippen LogP contribution in [0.3, 0.4) is 0 Å². The average Bonchev–Trinajstić information content (AvgIpc) is 3.21. The third-order valence-corrected chi connectivity index (χ3v) is 11.7. The van der Waals surface area contributed by atoms with Crippen LogP contribution in [0.25, 0.3) is 0 Å². The summed E-state index contributed by atoms with van der Waals surface area (Å²) in [5.41, 5.74) is 4.19. The van der Waals surface area contributed by atoms with Crippen LogP contribution in [0.4, 0.5) is 0 Å². The molecule has 0 N–H and O–H groups in total. The van der Waals surface area contributed by atoms with Crippen molar-refractivity contribution in [3.63, 3.8) is 0 Å². The number of terminal acetylenes is 1. The van der Waals surface area contributed by atoms with Gasteiger partial charge in [0.05, 0.1) is 0 Å². The Labute approximate surface area is 206 Å². The SMILES string of the molecule is C#CC(CC)CCCC(C)C1CCC2(CC)C1CCC1C2CC=C2CC(C)CCC21C(=C)C. The van der Waals surface area contributed by atoms with Crippen molar-refractivity contribution in [2.75, 3.05) is 0 Å². The van der Waals surface area contributed by atoms with Crippen LogP contribution in [0.2, 0.25) is 0 Å². The van der Waals surface area contributed by atoms with Crippen molar-refractivity contribution in [2.45, 2.75) is 118 Å². The van der Waals surface area contributed by atoms with E-state index in [1.165, 1.54) is 82.6 Å². The fraction of sp³-hybridized carbons (Fsp3) is 0.818. The molecule has 0 bridgehead atoms. The molecule has 9 atom stereocenters. The lowest BCUT2D eigenvalue weighted by molar-refractivity contribution is -0.0657. The Morgan fingerprint density at radius 1 is 1.12 bits per heavy atom. The van der Waals surface area contributed by atoms with Crippen molar-refractivity contribution in [3.05, 3.63) is 23.8 Å². The van der Waals surface area contributed by atoms with Crippen LogP contribution in [0, 0.1) is 64.6 Å². The van der Waals surface area contributed by atoms with E-state index < -0.39 is 0 Å². The minimum atomic E-state index is 0.330. The predicted octanol–water partition coefficient (Wildman–Crippen LogP) is 9.61. The van der Waals surface area contributed by atoms with E-state index in [0.717, 1.165) is 41.9 Å². The number of hydrogen-bond acceptors (Lipinski definition) is 0. The zero-order valence-corrected chi connectivity index (χ0v) is 22.6. The van der Waals surface area contributed by atoms with Crippen LogP contribution in [0.5, 0.6) is 0 Å². The summed E-state index contributed by atoms with van der Waals surface area (Å²) in [6, 6.07) is 0. The van der Waals surface area contributed by atoms with Gasteiger partial charge in [0.15, 0.2) is 0 Å². The summed E-state index contributed by atoms with van der Waals surface area (Å²) in [6.45, 7) is 16.9. The Balaban J connectivity index is 1.54. The largest absolute Gasteiger partial charge is 0.120 e. The van der Waals surface area contributed by atoms with Gasteiger partial charge in [-0.2, -0.15) is 0 Å². The van der Waals surface area contributed by atoms with Crippen LogP contribution in [-0.4, -0.2) is 0 Å². The molecule has 0 nitrogen and oxygen atoms in total. The Bertz CT molecular complexity index is 778. The summed E-state index contributed by atoms with van der Waals surface area (Å²) in [5.74, 6) is 8.85. The van der Waals surface area contributed by atoms with E-state index in [1.807, 2.05) is 0 Å². The van der Waals surface area contributed by atoms with Gasteiger partial charge in [-0.25, -0.2) is 0 Å². The lowest BCUT2D eigenvalue weighted by Crippen LogP contribution is -2.53. The average molecular weight is 449 g/mol. The van der Waals surface area contributed by atoms with Gasteiger partial charge >= 0.3 is 0 Å². The first kappa shape index (κ1) is 25.1. The zero-order valence-electron chi connectivity index (χ0n) is 22.6. The molecule has 0 aromatic rings. The van der Waals surface area contributed by atoms with Gasteiger partial charge in [-0.05, 0) is 118 Å². The number of hydrogen-bond donors (Lipinski definition) is 0. The molecule has 0 spiro atoms. The van der Waals surface area contributed by atoms with Crippen LogP contribution >= 0.6 is 0 Å². The molecule has 0 aromatic carbocycles. The van der Waals surface area contributed by atoms with Crippen LogP contribution in [-0.2, 0) is 0 Å². The van der Waals surface area contributed by atoms with E-state index in [9.17, 15) is 0 Å². The topological polar surface area (TPSA) is 0 Å². The lowest BCUT2D eigenvalue weighted by Gasteiger charge is -2.61. The Hall–Kier alpha value is -0.960. The quantitative estimate of drug-likeness (QED) is 0.256. The molecule has 0 radical (unpaired) electrons. The summed E-state index contributed by atoms with van der Waals surface area (Å²) in [4.78, 5) is 0. The molecule has 0 saturated heterocycles. The second-order valence-electron chi connectivity index (χ2n) is 12.9. The molecule has 33 heavy (non-hydrogen) atoms. The second kappa shape index (κ2) is 9.96. The number of rotatable bonds is 8. The molecule has 0 heteroatoms. The highest BCUT2D eigenvalue weighted by Crippen LogP contribution is 2.70. The molecule has 4 rings (SSSR count). The molecule has 184 valence electrons. The molecular formula is C33H52. The highest BCUT2D eigenvalue weighted by Gasteiger charge is 2.61. The van der Waals surface area contributed by atoms with Gasteiger partial charge in [-0.1, -0.05) is 64.3 Å². The van der Waals surface area contributed by atoms with Gasteiger partial charge in [0.1, 0.15) is 0 Å². The maximum atomic E-state index is 5.73. The smallest absolute Gasteiger partial charge is 0.0197 e. The third kappa shape index (κ3) is 4.09.